The topological polar surface area (TPSA) is 38.6 Å². The number of rotatable bonds is 5. The Morgan fingerprint density at radius 1 is 1.62 bits per heavy atom. The molecular weight excluding hydrogens is 222 g/mol. The first-order valence-corrected chi connectivity index (χ1v) is 6.36. The molecule has 0 aromatic carbocycles. The lowest BCUT2D eigenvalue weighted by molar-refractivity contribution is 0.390. The van der Waals surface area contributed by atoms with Crippen LogP contribution in [-0.4, -0.2) is 22.5 Å². The number of nitrogens with one attached hydrogen (secondary N) is 1. The van der Waals surface area contributed by atoms with Crippen molar-refractivity contribution >= 4 is 16.3 Å². The number of imidazole rings is 1. The molecule has 0 fully saturated rings. The Labute approximate surface area is 99.3 Å². The molecule has 0 aliphatic heterocycles. The zero-order valence-electron chi connectivity index (χ0n) is 9.86. The van der Waals surface area contributed by atoms with Crippen LogP contribution in [0.15, 0.2) is 11.6 Å². The average molecular weight is 239 g/mol. The highest BCUT2D eigenvalue weighted by Crippen LogP contribution is 2.22. The molecule has 0 saturated heterocycles. The number of nitrogens with zero attached hydrogens (tertiary/aromatic N) is 2. The molecule has 2 heterocycles. The van der Waals surface area contributed by atoms with Gasteiger partial charge in [0.1, 0.15) is 5.69 Å². The summed E-state index contributed by atoms with van der Waals surface area (Å²) < 4.78 is 7.37. The van der Waals surface area contributed by atoms with Crippen LogP contribution in [0.1, 0.15) is 26.0 Å². The smallest absolute Gasteiger partial charge is 0.237 e. The molecule has 1 N–H and O–H groups in total. The van der Waals surface area contributed by atoms with Crippen molar-refractivity contribution in [3.05, 3.63) is 17.3 Å². The number of hydrogen-bond acceptors (Lipinski definition) is 4. The molecule has 5 heteroatoms. The van der Waals surface area contributed by atoms with E-state index < -0.39 is 0 Å². The van der Waals surface area contributed by atoms with Gasteiger partial charge in [0.15, 0.2) is 4.96 Å². The van der Waals surface area contributed by atoms with E-state index in [1.54, 1.807) is 18.4 Å². The Kier molecular flexibility index (Phi) is 3.46. The van der Waals surface area contributed by atoms with Gasteiger partial charge < -0.3 is 10.1 Å². The molecule has 2 rings (SSSR count). The lowest BCUT2D eigenvalue weighted by Gasteiger charge is -2.11. The quantitative estimate of drug-likeness (QED) is 0.870. The van der Waals surface area contributed by atoms with Crippen LogP contribution in [0, 0.1) is 0 Å². The van der Waals surface area contributed by atoms with Gasteiger partial charge >= 0.3 is 0 Å². The van der Waals surface area contributed by atoms with Crippen molar-refractivity contribution < 1.29 is 4.74 Å². The van der Waals surface area contributed by atoms with Gasteiger partial charge in [-0.25, -0.2) is 0 Å². The maximum absolute atomic E-state index is 5.29. The summed E-state index contributed by atoms with van der Waals surface area (Å²) in [6, 6.07) is 0.508. The summed E-state index contributed by atoms with van der Waals surface area (Å²) >= 11 is 1.62. The molecule has 2 aromatic rings. The van der Waals surface area contributed by atoms with Crippen LogP contribution >= 0.6 is 11.3 Å². The number of ether oxygens (including phenoxy) is 1. The molecule has 2 aromatic heterocycles. The lowest BCUT2D eigenvalue weighted by Crippen LogP contribution is -2.25. The number of methoxy groups -OCH3 is 1. The van der Waals surface area contributed by atoms with Crippen LogP contribution in [0.5, 0.6) is 5.88 Å². The normalized spacial score (nSPS) is 13.2. The molecule has 88 valence electrons. The van der Waals surface area contributed by atoms with Gasteiger partial charge in [0, 0.05) is 24.2 Å². The molecule has 1 unspecified atom stereocenters. The van der Waals surface area contributed by atoms with Crippen molar-refractivity contribution in [2.45, 2.75) is 32.9 Å². The zero-order chi connectivity index (χ0) is 11.5. The van der Waals surface area contributed by atoms with E-state index >= 15 is 0 Å². The van der Waals surface area contributed by atoms with E-state index in [9.17, 15) is 0 Å². The van der Waals surface area contributed by atoms with Gasteiger partial charge in [0.05, 0.1) is 7.11 Å². The monoisotopic (exact) mass is 239 g/mol. The van der Waals surface area contributed by atoms with Crippen molar-refractivity contribution in [1.82, 2.24) is 14.7 Å². The highest BCUT2D eigenvalue weighted by Gasteiger charge is 2.13. The van der Waals surface area contributed by atoms with Crippen LogP contribution in [0.4, 0.5) is 0 Å². The van der Waals surface area contributed by atoms with Crippen LogP contribution in [-0.2, 0) is 6.54 Å². The van der Waals surface area contributed by atoms with Crippen LogP contribution in [0.3, 0.4) is 0 Å². The maximum atomic E-state index is 5.29. The van der Waals surface area contributed by atoms with E-state index in [1.807, 2.05) is 11.6 Å². The zero-order valence-corrected chi connectivity index (χ0v) is 10.7. The summed E-state index contributed by atoms with van der Waals surface area (Å²) in [4.78, 5) is 5.40. The Balaban J connectivity index is 2.22. The molecule has 0 bridgehead atoms. The van der Waals surface area contributed by atoms with Gasteiger partial charge in [0.25, 0.3) is 0 Å². The Bertz CT molecular complexity index is 463. The van der Waals surface area contributed by atoms with Crippen LogP contribution < -0.4 is 10.1 Å². The minimum absolute atomic E-state index is 0.508. The van der Waals surface area contributed by atoms with E-state index in [4.69, 9.17) is 4.74 Å². The first-order chi connectivity index (χ1) is 7.76. The number of thiazole rings is 1. The molecule has 0 aliphatic rings. The molecule has 0 saturated carbocycles. The van der Waals surface area contributed by atoms with Crippen molar-refractivity contribution in [3.8, 4) is 5.88 Å². The molecule has 4 nitrogen and oxygen atoms in total. The molecule has 16 heavy (non-hydrogen) atoms. The largest absolute Gasteiger partial charge is 0.480 e. The predicted molar refractivity (Wildman–Crippen MR) is 66.2 cm³/mol. The minimum atomic E-state index is 0.508. The summed E-state index contributed by atoms with van der Waals surface area (Å²) in [5.41, 5.74) is 1.10. The molecule has 0 radical (unpaired) electrons. The third-order valence-electron chi connectivity index (χ3n) is 2.75. The average Bonchev–Trinajstić information content (AvgIpc) is 2.85. The molecule has 0 amide bonds. The van der Waals surface area contributed by atoms with Gasteiger partial charge in [-0.1, -0.05) is 6.92 Å². The standard InChI is InChI=1S/C11H17N3OS/c1-4-8(2)12-7-9-10(15-3)13-11-14(9)5-6-16-11/h5-6,8,12H,4,7H2,1-3H3. The summed E-state index contributed by atoms with van der Waals surface area (Å²) in [5.74, 6) is 0.725. The fourth-order valence-corrected chi connectivity index (χ4v) is 2.28. The van der Waals surface area contributed by atoms with E-state index in [1.165, 1.54) is 0 Å². The highest BCUT2D eigenvalue weighted by atomic mass is 32.1. The number of fused-ring (bicyclic) bond motifs is 1. The van der Waals surface area contributed by atoms with Gasteiger partial charge in [0.2, 0.25) is 5.88 Å². The van der Waals surface area contributed by atoms with Crippen LogP contribution in [0.2, 0.25) is 0 Å². The van der Waals surface area contributed by atoms with Crippen molar-refractivity contribution in [2.24, 2.45) is 0 Å². The summed E-state index contributed by atoms with van der Waals surface area (Å²) in [7, 11) is 1.67. The number of hydrogen-bond donors (Lipinski definition) is 1. The molecule has 0 spiro atoms. The van der Waals surface area contributed by atoms with Crippen molar-refractivity contribution in [3.63, 3.8) is 0 Å². The van der Waals surface area contributed by atoms with Gasteiger partial charge in [-0.05, 0) is 13.3 Å². The predicted octanol–water partition coefficient (Wildman–Crippen LogP) is 2.29. The Hall–Kier alpha value is -1.07. The molecule has 0 aliphatic carbocycles. The lowest BCUT2D eigenvalue weighted by atomic mass is 10.2. The summed E-state index contributed by atoms with van der Waals surface area (Å²) in [5, 5.41) is 5.49. The second-order valence-corrected chi connectivity index (χ2v) is 4.69. The van der Waals surface area contributed by atoms with E-state index in [0.29, 0.717) is 6.04 Å². The van der Waals surface area contributed by atoms with E-state index in [2.05, 4.69) is 28.5 Å². The molecular formula is C11H17N3OS. The SMILES string of the molecule is CCC(C)NCc1c(OC)nc2sccn12. The fraction of sp³-hybridized carbons (Fsp3) is 0.545. The number of aromatic nitrogens is 2. The highest BCUT2D eigenvalue weighted by molar-refractivity contribution is 7.15. The Morgan fingerprint density at radius 3 is 3.12 bits per heavy atom. The van der Waals surface area contributed by atoms with Gasteiger partial charge in [-0.15, -0.1) is 11.3 Å². The Morgan fingerprint density at radius 2 is 2.44 bits per heavy atom. The molecule has 1 atom stereocenters. The fourth-order valence-electron chi connectivity index (χ4n) is 1.55. The summed E-state index contributed by atoms with van der Waals surface area (Å²) in [6.45, 7) is 5.14. The van der Waals surface area contributed by atoms with Crippen molar-refractivity contribution in [1.29, 1.82) is 0 Å². The second kappa shape index (κ2) is 4.84. The third kappa shape index (κ3) is 2.05. The van der Waals surface area contributed by atoms with E-state index in [-0.39, 0.29) is 0 Å². The second-order valence-electron chi connectivity index (χ2n) is 3.81. The van der Waals surface area contributed by atoms with Gasteiger partial charge in [-0.3, -0.25) is 4.40 Å². The first-order valence-electron chi connectivity index (χ1n) is 5.48. The van der Waals surface area contributed by atoms with Crippen LogP contribution in [0.25, 0.3) is 4.96 Å². The first kappa shape index (κ1) is 11.4. The maximum Gasteiger partial charge on any atom is 0.237 e. The van der Waals surface area contributed by atoms with Crippen molar-refractivity contribution in [2.75, 3.05) is 7.11 Å². The van der Waals surface area contributed by atoms with E-state index in [0.717, 1.165) is 29.5 Å². The summed E-state index contributed by atoms with van der Waals surface area (Å²) in [6.07, 6.45) is 3.15. The third-order valence-corrected chi connectivity index (χ3v) is 3.50. The van der Waals surface area contributed by atoms with Gasteiger partial charge in [-0.2, -0.15) is 4.98 Å². The minimum Gasteiger partial charge on any atom is -0.480 e.